The molecule has 0 unspecified atom stereocenters. The van der Waals surface area contributed by atoms with Crippen LogP contribution in [0, 0.1) is 0 Å². The van der Waals surface area contributed by atoms with Crippen LogP contribution in [0.1, 0.15) is 6.92 Å². The van der Waals surface area contributed by atoms with E-state index in [1.165, 1.54) is 7.11 Å². The molecule has 48 valence electrons. The van der Waals surface area contributed by atoms with Gasteiger partial charge in [-0.15, -0.1) is 0 Å². The van der Waals surface area contributed by atoms with Crippen molar-refractivity contribution < 1.29 is 4.84 Å². The molecule has 0 aliphatic heterocycles. The van der Waals surface area contributed by atoms with Crippen LogP contribution < -0.4 is 10.9 Å². The van der Waals surface area contributed by atoms with Crippen molar-refractivity contribution in [2.75, 3.05) is 14.2 Å². The smallest absolute Gasteiger partial charge is 0.142 e. The third-order valence-electron chi connectivity index (χ3n) is 0.529. The van der Waals surface area contributed by atoms with Gasteiger partial charge in [-0.2, -0.15) is 5.10 Å². The van der Waals surface area contributed by atoms with Gasteiger partial charge in [0.25, 0.3) is 0 Å². The van der Waals surface area contributed by atoms with Crippen LogP contribution in [0.3, 0.4) is 0 Å². The van der Waals surface area contributed by atoms with E-state index in [2.05, 4.69) is 20.8 Å². The summed E-state index contributed by atoms with van der Waals surface area (Å²) in [6.07, 6.45) is 0. The molecule has 0 aromatic carbocycles. The summed E-state index contributed by atoms with van der Waals surface area (Å²) in [5.41, 5.74) is 5.13. The molecule has 0 saturated heterocycles. The summed E-state index contributed by atoms with van der Waals surface area (Å²) in [6, 6.07) is 0. The van der Waals surface area contributed by atoms with Crippen molar-refractivity contribution in [3.8, 4) is 0 Å². The molecule has 0 fully saturated rings. The Morgan fingerprint density at radius 2 is 2.25 bits per heavy atom. The summed E-state index contributed by atoms with van der Waals surface area (Å²) >= 11 is 0. The van der Waals surface area contributed by atoms with Gasteiger partial charge in [-0.25, -0.2) is 0 Å². The second-order valence-corrected chi connectivity index (χ2v) is 1.23. The maximum absolute atomic E-state index is 4.54. The van der Waals surface area contributed by atoms with E-state index in [1.54, 1.807) is 14.0 Å². The van der Waals surface area contributed by atoms with Gasteiger partial charge in [0.1, 0.15) is 5.84 Å². The summed E-state index contributed by atoms with van der Waals surface area (Å²) in [4.78, 5) is 4.54. The highest BCUT2D eigenvalue weighted by atomic mass is 16.6. The topological polar surface area (TPSA) is 45.7 Å². The third-order valence-corrected chi connectivity index (χ3v) is 0.529. The predicted molar refractivity (Wildman–Crippen MR) is 32.3 cm³/mol. The number of nitrogens with zero attached hydrogens (tertiary/aromatic N) is 1. The molecule has 0 heterocycles. The van der Waals surface area contributed by atoms with Crippen molar-refractivity contribution in [2.45, 2.75) is 6.92 Å². The van der Waals surface area contributed by atoms with Crippen molar-refractivity contribution in [1.29, 1.82) is 0 Å². The van der Waals surface area contributed by atoms with E-state index in [4.69, 9.17) is 0 Å². The molecule has 0 rings (SSSR count). The fourth-order valence-electron chi connectivity index (χ4n) is 0.338. The first-order valence-corrected chi connectivity index (χ1v) is 2.31. The maximum atomic E-state index is 4.54. The molecule has 0 aliphatic rings. The first kappa shape index (κ1) is 7.23. The molecule has 0 aliphatic carbocycles. The standard InChI is InChI=1S/C4H11N3O/c1-4(6-5-2)7-8-3/h5H,1-3H3,(H,6,7). The lowest BCUT2D eigenvalue weighted by molar-refractivity contribution is 0.143. The van der Waals surface area contributed by atoms with E-state index in [9.17, 15) is 0 Å². The van der Waals surface area contributed by atoms with Crippen molar-refractivity contribution >= 4 is 5.84 Å². The van der Waals surface area contributed by atoms with Gasteiger partial charge in [0, 0.05) is 7.05 Å². The van der Waals surface area contributed by atoms with E-state index < -0.39 is 0 Å². The maximum Gasteiger partial charge on any atom is 0.142 e. The quantitative estimate of drug-likeness (QED) is 0.296. The number of hydroxylamine groups is 1. The zero-order chi connectivity index (χ0) is 6.41. The lowest BCUT2D eigenvalue weighted by atomic mass is 10.7. The van der Waals surface area contributed by atoms with Crippen LogP contribution in [0.25, 0.3) is 0 Å². The Hall–Kier alpha value is -0.770. The molecular formula is C4H11N3O. The fourth-order valence-corrected chi connectivity index (χ4v) is 0.338. The van der Waals surface area contributed by atoms with Crippen LogP contribution in [0.2, 0.25) is 0 Å². The largest absolute Gasteiger partial charge is 0.311 e. The van der Waals surface area contributed by atoms with Crippen LogP contribution in [0.15, 0.2) is 5.10 Å². The van der Waals surface area contributed by atoms with Gasteiger partial charge in [0.15, 0.2) is 0 Å². The molecule has 0 amide bonds. The molecule has 4 heteroatoms. The van der Waals surface area contributed by atoms with Crippen molar-refractivity contribution in [2.24, 2.45) is 5.10 Å². The van der Waals surface area contributed by atoms with Gasteiger partial charge in [-0.3, -0.25) is 10.3 Å². The summed E-state index contributed by atoms with van der Waals surface area (Å²) in [5.74, 6) is 0.704. The zero-order valence-electron chi connectivity index (χ0n) is 5.36. The number of hydrogen-bond donors (Lipinski definition) is 2. The molecule has 2 N–H and O–H groups in total. The van der Waals surface area contributed by atoms with Crippen LogP contribution in [0.4, 0.5) is 0 Å². The van der Waals surface area contributed by atoms with Gasteiger partial charge in [-0.1, -0.05) is 0 Å². The molecule has 0 saturated carbocycles. The molecule has 0 spiro atoms. The zero-order valence-corrected chi connectivity index (χ0v) is 5.36. The Bertz CT molecular complexity index is 81.4. The number of rotatable bonds is 2. The monoisotopic (exact) mass is 117 g/mol. The highest BCUT2D eigenvalue weighted by molar-refractivity contribution is 5.77. The summed E-state index contributed by atoms with van der Waals surface area (Å²) < 4.78 is 0. The van der Waals surface area contributed by atoms with Crippen LogP contribution >= 0.6 is 0 Å². The molecular weight excluding hydrogens is 106 g/mol. The molecule has 0 radical (unpaired) electrons. The minimum Gasteiger partial charge on any atom is -0.311 e. The number of hydrazone groups is 1. The Morgan fingerprint density at radius 3 is 2.62 bits per heavy atom. The van der Waals surface area contributed by atoms with Gasteiger partial charge >= 0.3 is 0 Å². The van der Waals surface area contributed by atoms with Crippen LogP contribution in [-0.4, -0.2) is 20.0 Å². The predicted octanol–water partition coefficient (Wildman–Crippen LogP) is -0.310. The summed E-state index contributed by atoms with van der Waals surface area (Å²) in [6.45, 7) is 1.79. The van der Waals surface area contributed by atoms with E-state index in [-0.39, 0.29) is 0 Å². The third kappa shape index (κ3) is 3.42. The van der Waals surface area contributed by atoms with Crippen molar-refractivity contribution in [3.63, 3.8) is 0 Å². The van der Waals surface area contributed by atoms with Crippen LogP contribution in [0.5, 0.6) is 0 Å². The SMILES string of the molecule is CN/N=C(/C)NOC. The fraction of sp³-hybridized carbons (Fsp3) is 0.750. The average Bonchev–Trinajstić information content (AvgIpc) is 1.68. The number of nitrogens with one attached hydrogen (secondary N) is 2. The molecule has 0 atom stereocenters. The Balaban J connectivity index is 3.29. The van der Waals surface area contributed by atoms with Gasteiger partial charge in [-0.05, 0) is 6.92 Å². The van der Waals surface area contributed by atoms with Gasteiger partial charge < -0.3 is 5.43 Å². The highest BCUT2D eigenvalue weighted by Gasteiger charge is 1.80. The minimum atomic E-state index is 0.704. The lowest BCUT2D eigenvalue weighted by Gasteiger charge is -1.98. The Labute approximate surface area is 48.9 Å². The van der Waals surface area contributed by atoms with E-state index in [0.29, 0.717) is 5.84 Å². The molecule has 0 bridgehead atoms. The molecule has 4 nitrogen and oxygen atoms in total. The second kappa shape index (κ2) is 4.39. The first-order chi connectivity index (χ1) is 3.81. The number of hydrogen-bond acceptors (Lipinski definition) is 3. The number of amidine groups is 1. The minimum absolute atomic E-state index is 0.704. The first-order valence-electron chi connectivity index (χ1n) is 2.31. The average molecular weight is 117 g/mol. The van der Waals surface area contributed by atoms with Gasteiger partial charge in [0.05, 0.1) is 7.11 Å². The molecule has 0 aromatic rings. The highest BCUT2D eigenvalue weighted by Crippen LogP contribution is 1.64. The molecule has 8 heavy (non-hydrogen) atoms. The Kier molecular flexibility index (Phi) is 3.97. The lowest BCUT2D eigenvalue weighted by Crippen LogP contribution is -2.20. The van der Waals surface area contributed by atoms with E-state index in [0.717, 1.165) is 0 Å². The van der Waals surface area contributed by atoms with Crippen molar-refractivity contribution in [3.05, 3.63) is 0 Å². The van der Waals surface area contributed by atoms with E-state index >= 15 is 0 Å². The van der Waals surface area contributed by atoms with E-state index in [1.807, 2.05) is 0 Å². The summed E-state index contributed by atoms with van der Waals surface area (Å²) in [5, 5.41) is 3.74. The molecule has 0 aromatic heterocycles. The van der Waals surface area contributed by atoms with Crippen LogP contribution in [-0.2, 0) is 4.84 Å². The van der Waals surface area contributed by atoms with Crippen molar-refractivity contribution in [1.82, 2.24) is 10.9 Å². The van der Waals surface area contributed by atoms with Gasteiger partial charge in [0.2, 0.25) is 0 Å². The normalized spacial score (nSPS) is 11.1. The second-order valence-electron chi connectivity index (χ2n) is 1.23. The Morgan fingerprint density at radius 1 is 1.62 bits per heavy atom. The summed E-state index contributed by atoms with van der Waals surface area (Å²) in [7, 11) is 3.26.